The Morgan fingerprint density at radius 2 is 1.53 bits per heavy atom. The van der Waals surface area contributed by atoms with Crippen LogP contribution in [0.4, 0.5) is 5.69 Å². The predicted octanol–water partition coefficient (Wildman–Crippen LogP) is 4.08. The molecule has 2 rings (SSSR count). The summed E-state index contributed by atoms with van der Waals surface area (Å²) in [4.78, 5) is 6.81. The quantitative estimate of drug-likeness (QED) is 0.188. The second kappa shape index (κ2) is 14.7. The van der Waals surface area contributed by atoms with Crippen LogP contribution in [-0.4, -0.2) is 54.5 Å². The molecular formula is C24H37IN4O3. The fourth-order valence-electron chi connectivity index (χ4n) is 3.20. The van der Waals surface area contributed by atoms with Crippen molar-refractivity contribution in [3.8, 4) is 17.2 Å². The summed E-state index contributed by atoms with van der Waals surface area (Å²) < 4.78 is 16.2. The normalized spacial score (nSPS) is 10.8. The molecule has 0 spiro atoms. The van der Waals surface area contributed by atoms with Crippen LogP contribution in [0.15, 0.2) is 41.4 Å². The van der Waals surface area contributed by atoms with Gasteiger partial charge in [0.1, 0.15) is 0 Å². The van der Waals surface area contributed by atoms with Gasteiger partial charge in [0.2, 0.25) is 5.75 Å². The van der Waals surface area contributed by atoms with Gasteiger partial charge < -0.3 is 29.7 Å². The molecule has 0 amide bonds. The fraction of sp³-hybridized carbons (Fsp3) is 0.458. The number of ether oxygens (including phenoxy) is 3. The van der Waals surface area contributed by atoms with Crippen molar-refractivity contribution in [3.05, 3.63) is 47.5 Å². The fourth-order valence-corrected chi connectivity index (χ4v) is 3.20. The van der Waals surface area contributed by atoms with Crippen molar-refractivity contribution in [1.29, 1.82) is 0 Å². The largest absolute Gasteiger partial charge is 0.493 e. The number of aryl methyl sites for hydroxylation is 1. The second-order valence-electron chi connectivity index (χ2n) is 7.32. The molecule has 178 valence electrons. The maximum absolute atomic E-state index is 5.43. The van der Waals surface area contributed by atoms with Gasteiger partial charge in [0.05, 0.1) is 27.9 Å². The van der Waals surface area contributed by atoms with Crippen molar-refractivity contribution >= 4 is 35.6 Å². The predicted molar refractivity (Wildman–Crippen MR) is 143 cm³/mol. The zero-order valence-electron chi connectivity index (χ0n) is 20.0. The average molecular weight is 556 g/mol. The van der Waals surface area contributed by atoms with E-state index in [0.717, 1.165) is 37.5 Å². The SMILES string of the molecule is CCNC(=NCc1cc(OC)c(OC)c(OC)c1)NCCCc1ccc(N(C)C)cc1.I. The molecule has 32 heavy (non-hydrogen) atoms. The first-order valence-corrected chi connectivity index (χ1v) is 10.6. The van der Waals surface area contributed by atoms with Gasteiger partial charge in [-0.25, -0.2) is 4.99 Å². The first-order chi connectivity index (χ1) is 15.0. The lowest BCUT2D eigenvalue weighted by molar-refractivity contribution is 0.324. The molecule has 0 radical (unpaired) electrons. The Kier molecular flexibility index (Phi) is 12.7. The number of nitrogens with one attached hydrogen (secondary N) is 2. The highest BCUT2D eigenvalue weighted by Crippen LogP contribution is 2.38. The molecule has 0 unspecified atom stereocenters. The molecule has 0 heterocycles. The molecule has 2 N–H and O–H groups in total. The summed E-state index contributed by atoms with van der Waals surface area (Å²) in [5.74, 6) is 2.64. The first-order valence-electron chi connectivity index (χ1n) is 10.6. The molecule has 0 saturated carbocycles. The molecular weight excluding hydrogens is 519 g/mol. The van der Waals surface area contributed by atoms with E-state index < -0.39 is 0 Å². The molecule has 8 heteroatoms. The zero-order valence-corrected chi connectivity index (χ0v) is 22.4. The Labute approximate surface area is 209 Å². The molecule has 0 aliphatic rings. The molecule has 0 aliphatic heterocycles. The Morgan fingerprint density at radius 1 is 0.906 bits per heavy atom. The molecule has 2 aromatic carbocycles. The van der Waals surface area contributed by atoms with E-state index in [0.29, 0.717) is 23.8 Å². The van der Waals surface area contributed by atoms with Crippen LogP contribution in [0, 0.1) is 0 Å². The van der Waals surface area contributed by atoms with Gasteiger partial charge in [0.15, 0.2) is 17.5 Å². The summed E-state index contributed by atoms with van der Waals surface area (Å²) in [6.45, 7) is 4.20. The molecule has 2 aromatic rings. The van der Waals surface area contributed by atoms with E-state index in [1.54, 1.807) is 21.3 Å². The highest BCUT2D eigenvalue weighted by atomic mass is 127. The zero-order chi connectivity index (χ0) is 22.6. The number of methoxy groups -OCH3 is 3. The van der Waals surface area contributed by atoms with Gasteiger partial charge in [0.25, 0.3) is 0 Å². The van der Waals surface area contributed by atoms with Gasteiger partial charge in [-0.05, 0) is 55.2 Å². The number of benzene rings is 2. The van der Waals surface area contributed by atoms with Crippen LogP contribution < -0.4 is 29.7 Å². The van der Waals surface area contributed by atoms with E-state index >= 15 is 0 Å². The van der Waals surface area contributed by atoms with Crippen molar-refractivity contribution < 1.29 is 14.2 Å². The summed E-state index contributed by atoms with van der Waals surface area (Å²) >= 11 is 0. The van der Waals surface area contributed by atoms with E-state index in [9.17, 15) is 0 Å². The molecule has 0 atom stereocenters. The van der Waals surface area contributed by atoms with Crippen LogP contribution in [0.1, 0.15) is 24.5 Å². The van der Waals surface area contributed by atoms with Gasteiger partial charge in [-0.1, -0.05) is 12.1 Å². The number of halogens is 1. The highest BCUT2D eigenvalue weighted by molar-refractivity contribution is 14.0. The minimum Gasteiger partial charge on any atom is -0.493 e. The highest BCUT2D eigenvalue weighted by Gasteiger charge is 2.13. The van der Waals surface area contributed by atoms with Crippen LogP contribution in [0.25, 0.3) is 0 Å². The third-order valence-electron chi connectivity index (χ3n) is 4.88. The first kappa shape index (κ1) is 27.7. The van der Waals surface area contributed by atoms with E-state index in [1.807, 2.05) is 12.1 Å². The number of aliphatic imine (C=N–C) groups is 1. The van der Waals surface area contributed by atoms with Crippen LogP contribution >= 0.6 is 24.0 Å². The average Bonchev–Trinajstić information content (AvgIpc) is 2.79. The molecule has 0 fully saturated rings. The Hall–Kier alpha value is -2.36. The number of hydrogen-bond donors (Lipinski definition) is 2. The number of anilines is 1. The lowest BCUT2D eigenvalue weighted by atomic mass is 10.1. The summed E-state index contributed by atoms with van der Waals surface area (Å²) in [6, 6.07) is 12.5. The van der Waals surface area contributed by atoms with Gasteiger partial charge >= 0.3 is 0 Å². The minimum atomic E-state index is 0. The summed E-state index contributed by atoms with van der Waals surface area (Å²) in [7, 11) is 8.94. The molecule has 0 bridgehead atoms. The maximum Gasteiger partial charge on any atom is 0.203 e. The van der Waals surface area contributed by atoms with E-state index in [4.69, 9.17) is 19.2 Å². The summed E-state index contributed by atoms with van der Waals surface area (Å²) in [6.07, 6.45) is 2.04. The monoisotopic (exact) mass is 556 g/mol. The smallest absolute Gasteiger partial charge is 0.203 e. The van der Waals surface area contributed by atoms with Crippen LogP contribution in [-0.2, 0) is 13.0 Å². The van der Waals surface area contributed by atoms with E-state index in [-0.39, 0.29) is 24.0 Å². The van der Waals surface area contributed by atoms with Crippen molar-refractivity contribution in [2.75, 3.05) is 53.4 Å². The molecule has 0 saturated heterocycles. The van der Waals surface area contributed by atoms with E-state index in [2.05, 4.69) is 60.8 Å². The number of rotatable bonds is 11. The Morgan fingerprint density at radius 3 is 2.03 bits per heavy atom. The number of nitrogens with zero attached hydrogens (tertiary/aromatic N) is 2. The van der Waals surface area contributed by atoms with Gasteiger partial charge in [-0.3, -0.25) is 0 Å². The van der Waals surface area contributed by atoms with Crippen molar-refractivity contribution in [2.45, 2.75) is 26.3 Å². The standard InChI is InChI=1S/C24H36N4O3.HI/c1-7-25-24(26-14-8-9-18-10-12-20(13-11-18)28(2)3)27-17-19-15-21(29-4)23(31-6)22(16-19)30-5;/h10-13,15-16H,7-9,14,17H2,1-6H3,(H2,25,26,27);1H. The summed E-state index contributed by atoms with van der Waals surface area (Å²) in [5, 5.41) is 6.71. The second-order valence-corrected chi connectivity index (χ2v) is 7.32. The van der Waals surface area contributed by atoms with Gasteiger partial charge in [-0.2, -0.15) is 0 Å². The molecule has 0 aliphatic carbocycles. The Balaban J connectivity index is 0.00000512. The number of guanidine groups is 1. The van der Waals surface area contributed by atoms with E-state index in [1.165, 1.54) is 11.3 Å². The Bertz CT molecular complexity index is 817. The number of hydrogen-bond acceptors (Lipinski definition) is 5. The lowest BCUT2D eigenvalue weighted by Gasteiger charge is -2.15. The topological polar surface area (TPSA) is 67.4 Å². The summed E-state index contributed by atoms with van der Waals surface area (Å²) in [5.41, 5.74) is 3.54. The van der Waals surface area contributed by atoms with Crippen molar-refractivity contribution in [2.24, 2.45) is 4.99 Å². The van der Waals surface area contributed by atoms with Gasteiger partial charge in [0, 0.05) is 32.9 Å². The maximum atomic E-state index is 5.43. The van der Waals surface area contributed by atoms with Crippen LogP contribution in [0.2, 0.25) is 0 Å². The van der Waals surface area contributed by atoms with Gasteiger partial charge in [-0.15, -0.1) is 24.0 Å². The lowest BCUT2D eigenvalue weighted by Crippen LogP contribution is -2.37. The minimum absolute atomic E-state index is 0. The van der Waals surface area contributed by atoms with Crippen LogP contribution in [0.5, 0.6) is 17.2 Å². The third kappa shape index (κ3) is 8.29. The third-order valence-corrected chi connectivity index (χ3v) is 4.88. The van der Waals surface area contributed by atoms with Crippen molar-refractivity contribution in [3.63, 3.8) is 0 Å². The van der Waals surface area contributed by atoms with Crippen LogP contribution in [0.3, 0.4) is 0 Å². The molecule has 0 aromatic heterocycles. The van der Waals surface area contributed by atoms with Crippen molar-refractivity contribution in [1.82, 2.24) is 10.6 Å². The molecule has 7 nitrogen and oxygen atoms in total.